The molecule has 1 N–H and O–H groups in total. The summed E-state index contributed by atoms with van der Waals surface area (Å²) in [5, 5.41) is 3.20. The molecule has 1 atom stereocenters. The van der Waals surface area contributed by atoms with Crippen LogP contribution in [0, 0.1) is 19.7 Å². The standard InChI is InChI=1S/C25H28FN5O2/c1-17-13-18(2)29-25(28-17)30-21-8-9-23(27-15-21)19-5-4-11-31(16-19)24(32)10-12-33-22-7-3-6-20(26)14-22/h3,6-9,13-15,19H,4-5,10-12,16H2,1-2H3,(H,28,29,30)/t19-/m1/s1. The van der Waals surface area contributed by atoms with Gasteiger partial charge in [0.2, 0.25) is 11.9 Å². The summed E-state index contributed by atoms with van der Waals surface area (Å²) in [6.07, 6.45) is 3.96. The first-order chi connectivity index (χ1) is 16.0. The maximum absolute atomic E-state index is 13.2. The highest BCUT2D eigenvalue weighted by atomic mass is 19.1. The van der Waals surface area contributed by atoms with E-state index >= 15 is 0 Å². The number of likely N-dealkylation sites (tertiary alicyclic amines) is 1. The average Bonchev–Trinajstić information content (AvgIpc) is 2.79. The number of nitrogens with one attached hydrogen (secondary N) is 1. The number of halogens is 1. The van der Waals surface area contributed by atoms with Gasteiger partial charge in [-0.3, -0.25) is 9.78 Å². The summed E-state index contributed by atoms with van der Waals surface area (Å²) in [6.45, 7) is 5.47. The predicted octanol–water partition coefficient (Wildman–Crippen LogP) is 4.55. The molecule has 8 heteroatoms. The Labute approximate surface area is 193 Å². The zero-order chi connectivity index (χ0) is 23.2. The second-order valence-electron chi connectivity index (χ2n) is 8.31. The number of nitrogens with zero attached hydrogens (tertiary/aromatic N) is 4. The fourth-order valence-electron chi connectivity index (χ4n) is 4.05. The molecular formula is C25H28FN5O2. The zero-order valence-corrected chi connectivity index (χ0v) is 18.9. The molecule has 1 aliphatic heterocycles. The molecule has 33 heavy (non-hydrogen) atoms. The number of aromatic nitrogens is 3. The number of benzene rings is 1. The van der Waals surface area contributed by atoms with Crippen molar-refractivity contribution in [3.8, 4) is 5.75 Å². The van der Waals surface area contributed by atoms with Crippen LogP contribution in [0.2, 0.25) is 0 Å². The molecule has 1 saturated heterocycles. The molecule has 0 bridgehead atoms. The molecule has 0 spiro atoms. The zero-order valence-electron chi connectivity index (χ0n) is 18.9. The van der Waals surface area contributed by atoms with Gasteiger partial charge >= 0.3 is 0 Å². The Morgan fingerprint density at radius 2 is 2.00 bits per heavy atom. The Bertz CT molecular complexity index is 1090. The number of anilines is 2. The van der Waals surface area contributed by atoms with Crippen LogP contribution in [-0.4, -0.2) is 45.5 Å². The van der Waals surface area contributed by atoms with Crippen molar-refractivity contribution in [1.29, 1.82) is 0 Å². The largest absolute Gasteiger partial charge is 0.493 e. The molecule has 3 aromatic rings. The first-order valence-electron chi connectivity index (χ1n) is 11.2. The quantitative estimate of drug-likeness (QED) is 0.570. The van der Waals surface area contributed by atoms with Crippen molar-refractivity contribution < 1.29 is 13.9 Å². The summed E-state index contributed by atoms with van der Waals surface area (Å²) < 4.78 is 18.8. The van der Waals surface area contributed by atoms with Crippen molar-refractivity contribution in [1.82, 2.24) is 19.9 Å². The first-order valence-corrected chi connectivity index (χ1v) is 11.2. The van der Waals surface area contributed by atoms with Gasteiger partial charge in [-0.15, -0.1) is 0 Å². The molecule has 3 heterocycles. The van der Waals surface area contributed by atoms with Crippen molar-refractivity contribution in [2.75, 3.05) is 25.0 Å². The molecule has 4 rings (SSSR count). The lowest BCUT2D eigenvalue weighted by Crippen LogP contribution is -2.39. The van der Waals surface area contributed by atoms with Crippen LogP contribution in [0.5, 0.6) is 5.75 Å². The predicted molar refractivity (Wildman–Crippen MR) is 124 cm³/mol. The van der Waals surface area contributed by atoms with Crippen LogP contribution in [-0.2, 0) is 4.79 Å². The second-order valence-corrected chi connectivity index (χ2v) is 8.31. The maximum atomic E-state index is 13.2. The molecule has 1 fully saturated rings. The molecular weight excluding hydrogens is 421 g/mol. The van der Waals surface area contributed by atoms with Crippen LogP contribution in [0.15, 0.2) is 48.7 Å². The smallest absolute Gasteiger partial charge is 0.227 e. The number of pyridine rings is 1. The lowest BCUT2D eigenvalue weighted by molar-refractivity contribution is -0.132. The number of carbonyl (C=O) groups is 1. The fraction of sp³-hybridized carbons (Fsp3) is 0.360. The Kier molecular flexibility index (Phi) is 7.12. The summed E-state index contributed by atoms with van der Waals surface area (Å²) in [7, 11) is 0. The highest BCUT2D eigenvalue weighted by Crippen LogP contribution is 2.27. The van der Waals surface area contributed by atoms with Gasteiger partial charge in [0.05, 0.1) is 24.9 Å². The number of piperidine rings is 1. The van der Waals surface area contributed by atoms with Crippen molar-refractivity contribution in [2.45, 2.75) is 39.0 Å². The van der Waals surface area contributed by atoms with Gasteiger partial charge in [0.25, 0.3) is 0 Å². The van der Waals surface area contributed by atoms with E-state index in [9.17, 15) is 9.18 Å². The molecule has 1 amide bonds. The highest BCUT2D eigenvalue weighted by Gasteiger charge is 2.25. The van der Waals surface area contributed by atoms with Crippen LogP contribution in [0.25, 0.3) is 0 Å². The van der Waals surface area contributed by atoms with Gasteiger partial charge in [-0.05, 0) is 57.0 Å². The summed E-state index contributed by atoms with van der Waals surface area (Å²) >= 11 is 0. The number of aryl methyl sites for hydroxylation is 2. The molecule has 0 aliphatic carbocycles. The first kappa shape index (κ1) is 22.6. The maximum Gasteiger partial charge on any atom is 0.227 e. The Morgan fingerprint density at radius 3 is 2.73 bits per heavy atom. The van der Waals surface area contributed by atoms with Crippen molar-refractivity contribution in [3.05, 3.63) is 71.6 Å². The lowest BCUT2D eigenvalue weighted by Gasteiger charge is -2.32. The molecule has 2 aromatic heterocycles. The number of ether oxygens (including phenoxy) is 1. The van der Waals surface area contributed by atoms with Crippen molar-refractivity contribution in [3.63, 3.8) is 0 Å². The summed E-state index contributed by atoms with van der Waals surface area (Å²) in [5.74, 6) is 0.869. The van der Waals surface area contributed by atoms with Gasteiger partial charge in [0.1, 0.15) is 11.6 Å². The minimum Gasteiger partial charge on any atom is -0.493 e. The van der Waals surface area contributed by atoms with E-state index in [-0.39, 0.29) is 30.7 Å². The van der Waals surface area contributed by atoms with Crippen LogP contribution in [0.3, 0.4) is 0 Å². The lowest BCUT2D eigenvalue weighted by atomic mass is 9.94. The van der Waals surface area contributed by atoms with Crippen molar-refractivity contribution in [2.24, 2.45) is 0 Å². The number of carbonyl (C=O) groups excluding carboxylic acids is 1. The van der Waals surface area contributed by atoms with Crippen molar-refractivity contribution >= 4 is 17.5 Å². The van der Waals surface area contributed by atoms with E-state index in [0.29, 0.717) is 18.2 Å². The normalized spacial score (nSPS) is 15.8. The fourth-order valence-corrected chi connectivity index (χ4v) is 4.05. The third-order valence-electron chi connectivity index (χ3n) is 5.60. The van der Waals surface area contributed by atoms with E-state index in [1.54, 1.807) is 18.3 Å². The molecule has 0 unspecified atom stereocenters. The molecule has 0 saturated carbocycles. The van der Waals surface area contributed by atoms with E-state index in [1.165, 1.54) is 12.1 Å². The van der Waals surface area contributed by atoms with Gasteiger partial charge in [0.15, 0.2) is 0 Å². The van der Waals surface area contributed by atoms with Gasteiger partial charge < -0.3 is 15.0 Å². The van der Waals surface area contributed by atoms with Crippen LogP contribution in [0.1, 0.15) is 42.3 Å². The minimum absolute atomic E-state index is 0.0429. The Balaban J connectivity index is 1.30. The third kappa shape index (κ3) is 6.25. The Hall–Kier alpha value is -3.55. The number of rotatable bonds is 7. The van der Waals surface area contributed by atoms with E-state index in [0.717, 1.165) is 42.2 Å². The second kappa shape index (κ2) is 10.4. The summed E-state index contributed by atoms with van der Waals surface area (Å²) in [4.78, 5) is 28.0. The Morgan fingerprint density at radius 1 is 1.18 bits per heavy atom. The van der Waals surface area contributed by atoms with Crippen LogP contribution < -0.4 is 10.1 Å². The van der Waals surface area contributed by atoms with Gasteiger partial charge in [0, 0.05) is 42.2 Å². The summed E-state index contributed by atoms with van der Waals surface area (Å²) in [6, 6.07) is 11.8. The monoisotopic (exact) mass is 449 g/mol. The van der Waals surface area contributed by atoms with E-state index in [4.69, 9.17) is 4.74 Å². The van der Waals surface area contributed by atoms with E-state index in [1.807, 2.05) is 36.9 Å². The number of amides is 1. The van der Waals surface area contributed by atoms with E-state index < -0.39 is 0 Å². The molecule has 1 aromatic carbocycles. The molecule has 7 nitrogen and oxygen atoms in total. The number of hydrogen-bond donors (Lipinski definition) is 1. The highest BCUT2D eigenvalue weighted by molar-refractivity contribution is 5.76. The topological polar surface area (TPSA) is 80.2 Å². The van der Waals surface area contributed by atoms with Crippen LogP contribution >= 0.6 is 0 Å². The van der Waals surface area contributed by atoms with E-state index in [2.05, 4.69) is 20.3 Å². The summed E-state index contributed by atoms with van der Waals surface area (Å²) in [5.41, 5.74) is 3.60. The molecule has 0 radical (unpaired) electrons. The third-order valence-corrected chi connectivity index (χ3v) is 5.60. The average molecular weight is 450 g/mol. The van der Waals surface area contributed by atoms with Gasteiger partial charge in [-0.1, -0.05) is 6.07 Å². The minimum atomic E-state index is -0.354. The van der Waals surface area contributed by atoms with Gasteiger partial charge in [-0.2, -0.15) is 0 Å². The van der Waals surface area contributed by atoms with Crippen LogP contribution in [0.4, 0.5) is 16.0 Å². The van der Waals surface area contributed by atoms with Gasteiger partial charge in [-0.25, -0.2) is 14.4 Å². The molecule has 1 aliphatic rings. The number of hydrogen-bond acceptors (Lipinski definition) is 6. The SMILES string of the molecule is Cc1cc(C)nc(Nc2ccc([C@@H]3CCCN(C(=O)CCOc4cccc(F)c4)C3)nc2)n1. The molecule has 172 valence electrons.